The average molecular weight is 376 g/mol. The first kappa shape index (κ1) is 20.5. The molecule has 2 aromatic rings. The van der Waals surface area contributed by atoms with E-state index < -0.39 is 0 Å². The Balaban J connectivity index is 0.00000144. The van der Waals surface area contributed by atoms with Crippen molar-refractivity contribution in [3.63, 3.8) is 0 Å². The molecule has 1 atom stereocenters. The van der Waals surface area contributed by atoms with Gasteiger partial charge in [0.05, 0.1) is 5.92 Å². The van der Waals surface area contributed by atoms with Crippen LogP contribution in [-0.4, -0.2) is 33.6 Å². The number of rotatable bonds is 3. The Morgan fingerprint density at radius 1 is 1.42 bits per heavy atom. The van der Waals surface area contributed by atoms with Crippen LogP contribution in [0, 0.1) is 19.8 Å². The van der Waals surface area contributed by atoms with Gasteiger partial charge >= 0.3 is 0 Å². The minimum atomic E-state index is -0.176. The summed E-state index contributed by atoms with van der Waals surface area (Å²) in [4.78, 5) is 28.1. The molecule has 3 N–H and O–H groups in total. The number of aromatic amines is 1. The number of nitrogens with zero attached hydrogens (tertiary/aromatic N) is 2. The highest BCUT2D eigenvalue weighted by Gasteiger charge is 2.21. The van der Waals surface area contributed by atoms with Crippen LogP contribution < -0.4 is 16.2 Å². The Morgan fingerprint density at radius 2 is 2.17 bits per heavy atom. The van der Waals surface area contributed by atoms with E-state index in [4.69, 9.17) is 0 Å². The minimum absolute atomic E-state index is 0. The SMILES string of the molecule is Cc1nc2cc(=O)[nH]n2c(C)c1CNC(=O)C1CCCNC1.Cl.Cl. The second-order valence-electron chi connectivity index (χ2n) is 5.84. The van der Waals surface area contributed by atoms with E-state index >= 15 is 0 Å². The molecule has 0 spiro atoms. The molecule has 0 radical (unpaired) electrons. The molecule has 1 aliphatic heterocycles. The van der Waals surface area contributed by atoms with E-state index in [0.717, 1.165) is 42.9 Å². The Hall–Kier alpha value is -1.57. The number of nitrogens with one attached hydrogen (secondary N) is 3. The zero-order valence-corrected chi connectivity index (χ0v) is 15.4. The van der Waals surface area contributed by atoms with Gasteiger partial charge in [0.2, 0.25) is 5.91 Å². The Kier molecular flexibility index (Phi) is 7.26. The van der Waals surface area contributed by atoms with Gasteiger partial charge in [-0.15, -0.1) is 24.8 Å². The topological polar surface area (TPSA) is 91.3 Å². The molecule has 1 aliphatic rings. The molecular formula is C15H23Cl2N5O2. The van der Waals surface area contributed by atoms with E-state index in [-0.39, 0.29) is 42.2 Å². The summed E-state index contributed by atoms with van der Waals surface area (Å²) in [5.41, 5.74) is 3.10. The van der Waals surface area contributed by atoms with Gasteiger partial charge in [-0.3, -0.25) is 14.7 Å². The van der Waals surface area contributed by atoms with Gasteiger partial charge in [-0.2, -0.15) is 0 Å². The van der Waals surface area contributed by atoms with Crippen molar-refractivity contribution in [3.05, 3.63) is 33.4 Å². The molecule has 2 aromatic heterocycles. The number of carbonyl (C=O) groups is 1. The van der Waals surface area contributed by atoms with Crippen molar-refractivity contribution >= 4 is 36.4 Å². The highest BCUT2D eigenvalue weighted by atomic mass is 35.5. The molecule has 9 heteroatoms. The zero-order valence-electron chi connectivity index (χ0n) is 13.7. The number of aromatic nitrogens is 3. The number of hydrogen-bond donors (Lipinski definition) is 3. The van der Waals surface area contributed by atoms with Crippen molar-refractivity contribution in [2.45, 2.75) is 33.2 Å². The van der Waals surface area contributed by atoms with Crippen LogP contribution in [-0.2, 0) is 11.3 Å². The maximum atomic E-state index is 12.2. The fourth-order valence-corrected chi connectivity index (χ4v) is 3.01. The highest BCUT2D eigenvalue weighted by Crippen LogP contribution is 2.14. The maximum Gasteiger partial charge on any atom is 0.266 e. The monoisotopic (exact) mass is 375 g/mol. The lowest BCUT2D eigenvalue weighted by molar-refractivity contribution is -0.125. The van der Waals surface area contributed by atoms with Gasteiger partial charge in [0.15, 0.2) is 5.65 Å². The van der Waals surface area contributed by atoms with Crippen LogP contribution in [0.4, 0.5) is 0 Å². The van der Waals surface area contributed by atoms with Gasteiger partial charge in [-0.1, -0.05) is 0 Å². The molecule has 1 amide bonds. The lowest BCUT2D eigenvalue weighted by Crippen LogP contribution is -2.40. The lowest BCUT2D eigenvalue weighted by atomic mass is 9.98. The van der Waals surface area contributed by atoms with E-state index in [0.29, 0.717) is 12.2 Å². The minimum Gasteiger partial charge on any atom is -0.352 e. The molecule has 1 saturated heterocycles. The molecule has 134 valence electrons. The van der Waals surface area contributed by atoms with E-state index in [1.165, 1.54) is 6.07 Å². The van der Waals surface area contributed by atoms with Crippen LogP contribution in [0.2, 0.25) is 0 Å². The number of halogens is 2. The van der Waals surface area contributed by atoms with E-state index in [9.17, 15) is 9.59 Å². The molecule has 1 fully saturated rings. The summed E-state index contributed by atoms with van der Waals surface area (Å²) >= 11 is 0. The van der Waals surface area contributed by atoms with Crippen LogP contribution >= 0.6 is 24.8 Å². The summed E-state index contributed by atoms with van der Waals surface area (Å²) in [7, 11) is 0. The third-order valence-electron chi connectivity index (χ3n) is 4.31. The lowest BCUT2D eigenvalue weighted by Gasteiger charge is -2.22. The third kappa shape index (κ3) is 4.09. The zero-order chi connectivity index (χ0) is 15.7. The van der Waals surface area contributed by atoms with Crippen LogP contribution in [0.5, 0.6) is 0 Å². The number of fused-ring (bicyclic) bond motifs is 1. The van der Waals surface area contributed by atoms with Crippen LogP contribution in [0.25, 0.3) is 5.65 Å². The van der Waals surface area contributed by atoms with Gasteiger partial charge in [-0.25, -0.2) is 9.50 Å². The predicted octanol–water partition coefficient (Wildman–Crippen LogP) is 1.10. The van der Waals surface area contributed by atoms with E-state index in [2.05, 4.69) is 20.7 Å². The molecule has 0 bridgehead atoms. The number of H-pyrrole nitrogens is 1. The van der Waals surface area contributed by atoms with Crippen molar-refractivity contribution in [1.29, 1.82) is 0 Å². The predicted molar refractivity (Wildman–Crippen MR) is 97.2 cm³/mol. The number of amides is 1. The normalized spacial score (nSPS) is 17.0. The number of carbonyl (C=O) groups excluding carboxylic acids is 1. The molecule has 7 nitrogen and oxygen atoms in total. The standard InChI is InChI=1S/C15H21N5O2.2ClH/c1-9-12(8-17-15(22)11-4-3-5-16-7-11)10(2)20-13(18-9)6-14(21)19-20;;/h6,11,16H,3-5,7-8H2,1-2H3,(H,17,22)(H,19,21);2*1H. The van der Waals surface area contributed by atoms with Crippen molar-refractivity contribution in [3.8, 4) is 0 Å². The van der Waals surface area contributed by atoms with Crippen LogP contribution in [0.1, 0.15) is 29.8 Å². The smallest absolute Gasteiger partial charge is 0.266 e. The van der Waals surface area contributed by atoms with Gasteiger partial charge in [0.25, 0.3) is 5.56 Å². The Morgan fingerprint density at radius 3 is 2.83 bits per heavy atom. The average Bonchev–Trinajstić information content (AvgIpc) is 2.88. The van der Waals surface area contributed by atoms with E-state index in [1.807, 2.05) is 13.8 Å². The number of aryl methyl sites for hydroxylation is 2. The van der Waals surface area contributed by atoms with Crippen molar-refractivity contribution in [2.75, 3.05) is 13.1 Å². The largest absolute Gasteiger partial charge is 0.352 e. The fraction of sp³-hybridized carbons (Fsp3) is 0.533. The summed E-state index contributed by atoms with van der Waals surface area (Å²) in [5, 5.41) is 8.97. The second-order valence-corrected chi connectivity index (χ2v) is 5.84. The Bertz CT molecular complexity index is 765. The van der Waals surface area contributed by atoms with Crippen molar-refractivity contribution in [1.82, 2.24) is 25.2 Å². The van der Waals surface area contributed by atoms with Gasteiger partial charge in [0.1, 0.15) is 0 Å². The number of hydrogen-bond acceptors (Lipinski definition) is 4. The first-order valence-electron chi connectivity index (χ1n) is 7.62. The number of piperidine rings is 1. The van der Waals surface area contributed by atoms with Crippen molar-refractivity contribution < 1.29 is 4.79 Å². The summed E-state index contributed by atoms with van der Waals surface area (Å²) in [6.45, 7) is 5.97. The Labute approximate surface area is 152 Å². The van der Waals surface area contributed by atoms with Crippen LogP contribution in [0.15, 0.2) is 10.9 Å². The molecule has 1 unspecified atom stereocenters. The van der Waals surface area contributed by atoms with Gasteiger partial charge in [0, 0.05) is 36.1 Å². The molecular weight excluding hydrogens is 353 g/mol. The summed E-state index contributed by atoms with van der Waals surface area (Å²) in [6.07, 6.45) is 1.97. The highest BCUT2D eigenvalue weighted by molar-refractivity contribution is 5.85. The third-order valence-corrected chi connectivity index (χ3v) is 4.31. The first-order chi connectivity index (χ1) is 10.6. The van der Waals surface area contributed by atoms with Crippen LogP contribution in [0.3, 0.4) is 0 Å². The van der Waals surface area contributed by atoms with Gasteiger partial charge < -0.3 is 10.6 Å². The fourth-order valence-electron chi connectivity index (χ4n) is 3.01. The second kappa shape index (κ2) is 8.50. The molecule has 3 rings (SSSR count). The van der Waals surface area contributed by atoms with Gasteiger partial charge in [-0.05, 0) is 33.2 Å². The molecule has 24 heavy (non-hydrogen) atoms. The molecule has 0 aliphatic carbocycles. The summed E-state index contributed by atoms with van der Waals surface area (Å²) < 4.78 is 1.67. The summed E-state index contributed by atoms with van der Waals surface area (Å²) in [5.74, 6) is 0.115. The molecule has 0 saturated carbocycles. The first-order valence-corrected chi connectivity index (χ1v) is 7.62. The summed E-state index contributed by atoms with van der Waals surface area (Å²) in [6, 6.07) is 1.47. The molecule has 0 aromatic carbocycles. The maximum absolute atomic E-state index is 12.2. The quantitative estimate of drug-likeness (QED) is 0.748. The molecule has 3 heterocycles. The van der Waals surface area contributed by atoms with E-state index in [1.54, 1.807) is 4.52 Å². The van der Waals surface area contributed by atoms with Crippen molar-refractivity contribution in [2.24, 2.45) is 5.92 Å².